The van der Waals surface area contributed by atoms with Gasteiger partial charge < -0.3 is 0 Å². The highest BCUT2D eigenvalue weighted by Gasteiger charge is 2.06. The van der Waals surface area contributed by atoms with Crippen molar-refractivity contribution in [1.29, 1.82) is 0 Å². The van der Waals surface area contributed by atoms with Gasteiger partial charge in [-0.2, -0.15) is 0 Å². The molecule has 0 spiro atoms. The van der Waals surface area contributed by atoms with Crippen molar-refractivity contribution in [2.24, 2.45) is 0 Å². The zero-order valence-corrected chi connectivity index (χ0v) is 9.40. The van der Waals surface area contributed by atoms with Crippen LogP contribution in [0.25, 0.3) is 0 Å². The fourth-order valence-electron chi connectivity index (χ4n) is 1.19. The van der Waals surface area contributed by atoms with Gasteiger partial charge in [-0.1, -0.05) is 35.0 Å². The van der Waals surface area contributed by atoms with E-state index in [9.17, 15) is 0 Å². The Morgan fingerprint density at radius 3 is 2.75 bits per heavy atom. The normalized spacial score (nSPS) is 12.9. The van der Waals surface area contributed by atoms with Gasteiger partial charge in [-0.25, -0.2) is 0 Å². The maximum atomic E-state index is 5.84. The quantitative estimate of drug-likeness (QED) is 0.703. The molecule has 0 radical (unpaired) electrons. The molecule has 0 saturated carbocycles. The van der Waals surface area contributed by atoms with Gasteiger partial charge >= 0.3 is 0 Å². The Labute approximate surface area is 87.1 Å². The van der Waals surface area contributed by atoms with Crippen LogP contribution in [0.3, 0.4) is 0 Å². The standard InChI is InChI=1S/C10H12BrCl/c1-2-8(7-12)9-4-3-5-10(11)6-9/h3-6,8H,2,7H2,1H3. The highest BCUT2D eigenvalue weighted by molar-refractivity contribution is 9.10. The Bertz CT molecular complexity index is 243. The average Bonchev–Trinajstić information content (AvgIpc) is 2.07. The highest BCUT2D eigenvalue weighted by Crippen LogP contribution is 2.23. The van der Waals surface area contributed by atoms with Gasteiger partial charge in [-0.15, -0.1) is 11.6 Å². The minimum absolute atomic E-state index is 0.490. The van der Waals surface area contributed by atoms with Crippen LogP contribution in [0.15, 0.2) is 28.7 Å². The van der Waals surface area contributed by atoms with Gasteiger partial charge in [-0.3, -0.25) is 0 Å². The van der Waals surface area contributed by atoms with Crippen LogP contribution in [-0.2, 0) is 0 Å². The summed E-state index contributed by atoms with van der Waals surface area (Å²) in [6.07, 6.45) is 1.10. The Balaban J connectivity index is 2.85. The van der Waals surface area contributed by atoms with E-state index in [4.69, 9.17) is 11.6 Å². The Kier molecular flexibility index (Phi) is 4.10. The second-order valence-corrected chi connectivity index (χ2v) is 4.04. The predicted molar refractivity (Wildman–Crippen MR) is 57.9 cm³/mol. The van der Waals surface area contributed by atoms with Crippen molar-refractivity contribution in [2.75, 3.05) is 5.88 Å². The van der Waals surface area contributed by atoms with E-state index in [1.807, 2.05) is 6.07 Å². The van der Waals surface area contributed by atoms with Crippen LogP contribution in [-0.4, -0.2) is 5.88 Å². The molecular weight excluding hydrogens is 235 g/mol. The summed E-state index contributed by atoms with van der Waals surface area (Å²) >= 11 is 9.28. The molecule has 2 heteroatoms. The summed E-state index contributed by atoms with van der Waals surface area (Å²) in [6, 6.07) is 8.34. The van der Waals surface area contributed by atoms with E-state index >= 15 is 0 Å². The number of halogens is 2. The van der Waals surface area contributed by atoms with Gasteiger partial charge in [0.15, 0.2) is 0 Å². The lowest BCUT2D eigenvalue weighted by atomic mass is 9.99. The third-order valence-electron chi connectivity index (χ3n) is 2.00. The maximum Gasteiger partial charge on any atom is 0.0292 e. The van der Waals surface area contributed by atoms with Crippen molar-refractivity contribution in [3.8, 4) is 0 Å². The molecule has 1 unspecified atom stereocenters. The van der Waals surface area contributed by atoms with Crippen molar-refractivity contribution < 1.29 is 0 Å². The van der Waals surface area contributed by atoms with E-state index in [2.05, 4.69) is 41.1 Å². The minimum Gasteiger partial charge on any atom is -0.126 e. The molecule has 0 amide bonds. The van der Waals surface area contributed by atoms with Gasteiger partial charge in [-0.05, 0) is 30.0 Å². The molecule has 1 aromatic rings. The van der Waals surface area contributed by atoms with Crippen LogP contribution >= 0.6 is 27.5 Å². The molecule has 0 saturated heterocycles. The van der Waals surface area contributed by atoms with Crippen molar-refractivity contribution in [2.45, 2.75) is 19.3 Å². The van der Waals surface area contributed by atoms with E-state index < -0.39 is 0 Å². The molecule has 0 aromatic heterocycles. The molecule has 0 aliphatic heterocycles. The third-order valence-corrected chi connectivity index (χ3v) is 2.86. The predicted octanol–water partition coefficient (Wildman–Crippen LogP) is 4.18. The van der Waals surface area contributed by atoms with Crippen LogP contribution < -0.4 is 0 Å². The number of hydrogen-bond donors (Lipinski definition) is 0. The lowest BCUT2D eigenvalue weighted by Crippen LogP contribution is -1.97. The summed E-state index contributed by atoms with van der Waals surface area (Å²) in [4.78, 5) is 0. The SMILES string of the molecule is CCC(CCl)c1cccc(Br)c1. The van der Waals surface area contributed by atoms with Crippen LogP contribution in [0.4, 0.5) is 0 Å². The summed E-state index contributed by atoms with van der Waals surface area (Å²) in [5.41, 5.74) is 1.32. The van der Waals surface area contributed by atoms with Gasteiger partial charge in [0.2, 0.25) is 0 Å². The second-order valence-electron chi connectivity index (χ2n) is 2.81. The van der Waals surface area contributed by atoms with E-state index in [1.165, 1.54) is 5.56 Å². The van der Waals surface area contributed by atoms with Crippen molar-refractivity contribution in [3.05, 3.63) is 34.3 Å². The maximum absolute atomic E-state index is 5.84. The van der Waals surface area contributed by atoms with E-state index in [1.54, 1.807) is 0 Å². The fourth-order valence-corrected chi connectivity index (χ4v) is 2.01. The molecular formula is C10H12BrCl. The van der Waals surface area contributed by atoms with Crippen LogP contribution in [0, 0.1) is 0 Å². The molecule has 66 valence electrons. The fraction of sp³-hybridized carbons (Fsp3) is 0.400. The van der Waals surface area contributed by atoms with Gasteiger partial charge in [0, 0.05) is 10.4 Å². The van der Waals surface area contributed by atoms with Crippen molar-refractivity contribution in [3.63, 3.8) is 0 Å². The lowest BCUT2D eigenvalue weighted by Gasteiger charge is -2.11. The first-order valence-electron chi connectivity index (χ1n) is 4.09. The zero-order valence-electron chi connectivity index (χ0n) is 7.06. The molecule has 1 atom stereocenters. The summed E-state index contributed by atoms with van der Waals surface area (Å²) < 4.78 is 1.13. The number of alkyl halides is 1. The molecule has 0 fully saturated rings. The molecule has 0 aliphatic rings. The first-order chi connectivity index (χ1) is 5.77. The lowest BCUT2D eigenvalue weighted by molar-refractivity contribution is 0.740. The van der Waals surface area contributed by atoms with E-state index in [0.29, 0.717) is 11.8 Å². The summed E-state index contributed by atoms with van der Waals surface area (Å²) in [5, 5.41) is 0. The Morgan fingerprint density at radius 2 is 2.25 bits per heavy atom. The van der Waals surface area contributed by atoms with Crippen LogP contribution in [0.1, 0.15) is 24.8 Å². The van der Waals surface area contributed by atoms with E-state index in [-0.39, 0.29) is 0 Å². The topological polar surface area (TPSA) is 0 Å². The summed E-state index contributed by atoms with van der Waals surface area (Å²) in [6.45, 7) is 2.16. The van der Waals surface area contributed by atoms with Crippen LogP contribution in [0.2, 0.25) is 0 Å². The van der Waals surface area contributed by atoms with Gasteiger partial charge in [0.1, 0.15) is 0 Å². The summed E-state index contributed by atoms with van der Waals surface area (Å²) in [5.74, 6) is 1.19. The number of hydrogen-bond acceptors (Lipinski definition) is 0. The molecule has 1 rings (SSSR count). The monoisotopic (exact) mass is 246 g/mol. The molecule has 0 bridgehead atoms. The van der Waals surface area contributed by atoms with Crippen molar-refractivity contribution in [1.82, 2.24) is 0 Å². The molecule has 1 aromatic carbocycles. The first-order valence-corrected chi connectivity index (χ1v) is 5.42. The van der Waals surface area contributed by atoms with Crippen molar-refractivity contribution >= 4 is 27.5 Å². The zero-order chi connectivity index (χ0) is 8.97. The smallest absolute Gasteiger partial charge is 0.0292 e. The molecule has 12 heavy (non-hydrogen) atoms. The van der Waals surface area contributed by atoms with Gasteiger partial charge in [0.25, 0.3) is 0 Å². The minimum atomic E-state index is 0.490. The average molecular weight is 248 g/mol. The number of rotatable bonds is 3. The van der Waals surface area contributed by atoms with Crippen LogP contribution in [0.5, 0.6) is 0 Å². The molecule has 0 N–H and O–H groups in total. The molecule has 0 heterocycles. The first kappa shape index (κ1) is 10.1. The number of benzene rings is 1. The Morgan fingerprint density at radius 1 is 1.50 bits per heavy atom. The summed E-state index contributed by atoms with van der Waals surface area (Å²) in [7, 11) is 0. The third kappa shape index (κ3) is 2.49. The Hall–Kier alpha value is -0.0100. The second kappa shape index (κ2) is 4.88. The van der Waals surface area contributed by atoms with E-state index in [0.717, 1.165) is 10.9 Å². The largest absolute Gasteiger partial charge is 0.126 e. The molecule has 0 nitrogen and oxygen atoms in total. The van der Waals surface area contributed by atoms with Gasteiger partial charge in [0.05, 0.1) is 0 Å². The highest BCUT2D eigenvalue weighted by atomic mass is 79.9. The molecule has 0 aliphatic carbocycles.